The van der Waals surface area contributed by atoms with Gasteiger partial charge in [0.05, 0.1) is 5.75 Å². The highest BCUT2D eigenvalue weighted by atomic mass is 32.2. The van der Waals surface area contributed by atoms with Crippen LogP contribution in [-0.2, 0) is 10.1 Å². The molecule has 1 saturated carbocycles. The fraction of sp³-hybridized carbons (Fsp3) is 1.00. The van der Waals surface area contributed by atoms with Gasteiger partial charge in [0.15, 0.2) is 0 Å². The Labute approximate surface area is 67.6 Å². The summed E-state index contributed by atoms with van der Waals surface area (Å²) < 4.78 is 29.4. The lowest BCUT2D eigenvalue weighted by molar-refractivity contribution is 0.461. The fourth-order valence-electron chi connectivity index (χ4n) is 1.77. The molecule has 0 saturated heterocycles. The van der Waals surface area contributed by atoms with Crippen molar-refractivity contribution in [1.29, 1.82) is 0 Å². The first kappa shape index (κ1) is 9.00. The van der Waals surface area contributed by atoms with Gasteiger partial charge in [-0.1, -0.05) is 13.3 Å². The first-order valence-corrected chi connectivity index (χ1v) is 5.53. The molecule has 1 fully saturated rings. The van der Waals surface area contributed by atoms with Crippen molar-refractivity contribution in [1.82, 2.24) is 0 Å². The maximum atomic E-state index is 10.4. The second-order valence-electron chi connectivity index (χ2n) is 3.53. The quantitative estimate of drug-likeness (QED) is 0.649. The average molecular weight is 178 g/mol. The standard InChI is InChI=1S/C7H14O3S/c1-6-2-3-7(4-6)5-11(8,9)10/h6-7H,2-5H2,1H3,(H,8,9,10). The minimum atomic E-state index is -3.73. The van der Waals surface area contributed by atoms with E-state index in [2.05, 4.69) is 6.92 Å². The second kappa shape index (κ2) is 3.11. The Morgan fingerprint density at radius 1 is 1.45 bits per heavy atom. The van der Waals surface area contributed by atoms with Gasteiger partial charge in [0.25, 0.3) is 10.1 Å². The summed E-state index contributed by atoms with van der Waals surface area (Å²) in [4.78, 5) is 0. The molecule has 4 heteroatoms. The number of hydrogen-bond acceptors (Lipinski definition) is 2. The molecule has 0 amide bonds. The molecular weight excluding hydrogens is 164 g/mol. The maximum Gasteiger partial charge on any atom is 0.265 e. The highest BCUT2D eigenvalue weighted by Gasteiger charge is 2.24. The maximum absolute atomic E-state index is 10.4. The Bertz CT molecular complexity index is 220. The molecule has 0 bridgehead atoms. The van der Waals surface area contributed by atoms with Gasteiger partial charge in [0, 0.05) is 0 Å². The first-order chi connectivity index (χ1) is 4.97. The van der Waals surface area contributed by atoms with Gasteiger partial charge in [-0.15, -0.1) is 0 Å². The van der Waals surface area contributed by atoms with Crippen LogP contribution in [0, 0.1) is 11.8 Å². The van der Waals surface area contributed by atoms with E-state index in [0.717, 1.165) is 19.3 Å². The smallest absolute Gasteiger partial charge is 0.265 e. The van der Waals surface area contributed by atoms with Crippen molar-refractivity contribution in [3.63, 3.8) is 0 Å². The van der Waals surface area contributed by atoms with Crippen LogP contribution in [0.3, 0.4) is 0 Å². The monoisotopic (exact) mass is 178 g/mol. The third-order valence-electron chi connectivity index (χ3n) is 2.25. The van der Waals surface area contributed by atoms with Crippen LogP contribution in [0.15, 0.2) is 0 Å². The second-order valence-corrected chi connectivity index (χ2v) is 5.03. The van der Waals surface area contributed by atoms with E-state index in [0.29, 0.717) is 5.92 Å². The molecule has 2 atom stereocenters. The van der Waals surface area contributed by atoms with Crippen molar-refractivity contribution < 1.29 is 13.0 Å². The zero-order valence-corrected chi connectivity index (χ0v) is 7.47. The van der Waals surface area contributed by atoms with Crippen LogP contribution in [0.4, 0.5) is 0 Å². The highest BCUT2D eigenvalue weighted by Crippen LogP contribution is 2.30. The van der Waals surface area contributed by atoms with Gasteiger partial charge in [-0.2, -0.15) is 8.42 Å². The van der Waals surface area contributed by atoms with Crippen LogP contribution < -0.4 is 0 Å². The van der Waals surface area contributed by atoms with Crippen molar-refractivity contribution in [3.05, 3.63) is 0 Å². The summed E-state index contributed by atoms with van der Waals surface area (Å²) in [6.45, 7) is 2.12. The first-order valence-electron chi connectivity index (χ1n) is 3.92. The summed E-state index contributed by atoms with van der Waals surface area (Å²) in [7, 11) is -3.73. The van der Waals surface area contributed by atoms with E-state index in [1.165, 1.54) is 0 Å². The van der Waals surface area contributed by atoms with Crippen molar-refractivity contribution in [2.45, 2.75) is 26.2 Å². The van der Waals surface area contributed by atoms with E-state index < -0.39 is 10.1 Å². The minimum Gasteiger partial charge on any atom is -0.286 e. The summed E-state index contributed by atoms with van der Waals surface area (Å²) in [6.07, 6.45) is 2.99. The van der Waals surface area contributed by atoms with Crippen LogP contribution in [0.25, 0.3) is 0 Å². The molecule has 66 valence electrons. The minimum absolute atomic E-state index is 0.0443. The molecular formula is C7H14O3S. The largest absolute Gasteiger partial charge is 0.286 e. The van der Waals surface area contributed by atoms with E-state index in [4.69, 9.17) is 4.55 Å². The van der Waals surface area contributed by atoms with Crippen LogP contribution in [0.2, 0.25) is 0 Å². The molecule has 0 heterocycles. The van der Waals surface area contributed by atoms with E-state index in [1.807, 2.05) is 0 Å². The summed E-state index contributed by atoms with van der Waals surface area (Å²) >= 11 is 0. The van der Waals surface area contributed by atoms with Crippen molar-refractivity contribution in [2.24, 2.45) is 11.8 Å². The average Bonchev–Trinajstić information content (AvgIpc) is 2.10. The molecule has 0 spiro atoms. The normalized spacial score (nSPS) is 32.5. The molecule has 3 nitrogen and oxygen atoms in total. The lowest BCUT2D eigenvalue weighted by Gasteiger charge is -2.05. The van der Waals surface area contributed by atoms with Crippen LogP contribution in [0.1, 0.15) is 26.2 Å². The predicted octanol–water partition coefficient (Wildman–Crippen LogP) is 1.31. The predicted molar refractivity (Wildman–Crippen MR) is 42.9 cm³/mol. The zero-order valence-electron chi connectivity index (χ0n) is 6.66. The summed E-state index contributed by atoms with van der Waals surface area (Å²) in [5.74, 6) is 0.777. The lowest BCUT2D eigenvalue weighted by atomic mass is 10.1. The van der Waals surface area contributed by atoms with Crippen molar-refractivity contribution in [2.75, 3.05) is 5.75 Å². The molecule has 0 radical (unpaired) electrons. The molecule has 0 aromatic carbocycles. The Kier molecular flexibility index (Phi) is 2.54. The van der Waals surface area contributed by atoms with Crippen LogP contribution in [0.5, 0.6) is 0 Å². The van der Waals surface area contributed by atoms with E-state index in [9.17, 15) is 8.42 Å². The van der Waals surface area contributed by atoms with Gasteiger partial charge in [0.1, 0.15) is 0 Å². The van der Waals surface area contributed by atoms with Gasteiger partial charge in [-0.25, -0.2) is 0 Å². The number of rotatable bonds is 2. The molecule has 1 rings (SSSR count). The van der Waals surface area contributed by atoms with Gasteiger partial charge in [0.2, 0.25) is 0 Å². The SMILES string of the molecule is CC1CCC(CS(=O)(=O)O)C1. The molecule has 0 aliphatic heterocycles. The molecule has 1 N–H and O–H groups in total. The number of hydrogen-bond donors (Lipinski definition) is 1. The highest BCUT2D eigenvalue weighted by molar-refractivity contribution is 7.85. The summed E-state index contributed by atoms with van der Waals surface area (Å²) in [6, 6.07) is 0. The van der Waals surface area contributed by atoms with Crippen LogP contribution in [-0.4, -0.2) is 18.7 Å². The van der Waals surface area contributed by atoms with Gasteiger partial charge in [-0.3, -0.25) is 4.55 Å². The van der Waals surface area contributed by atoms with E-state index in [-0.39, 0.29) is 11.7 Å². The molecule has 11 heavy (non-hydrogen) atoms. The Hall–Kier alpha value is -0.0900. The van der Waals surface area contributed by atoms with Gasteiger partial charge < -0.3 is 0 Å². The van der Waals surface area contributed by atoms with E-state index >= 15 is 0 Å². The molecule has 1 aliphatic carbocycles. The van der Waals surface area contributed by atoms with Crippen molar-refractivity contribution >= 4 is 10.1 Å². The summed E-state index contributed by atoms with van der Waals surface area (Å²) in [5.41, 5.74) is 0. The Morgan fingerprint density at radius 2 is 2.09 bits per heavy atom. The lowest BCUT2D eigenvalue weighted by Crippen LogP contribution is -2.12. The summed E-state index contributed by atoms with van der Waals surface area (Å²) in [5, 5.41) is 0. The topological polar surface area (TPSA) is 54.4 Å². The Balaban J connectivity index is 2.41. The van der Waals surface area contributed by atoms with E-state index in [1.54, 1.807) is 0 Å². The molecule has 2 unspecified atom stereocenters. The molecule has 1 aliphatic rings. The van der Waals surface area contributed by atoms with Crippen molar-refractivity contribution in [3.8, 4) is 0 Å². The van der Waals surface area contributed by atoms with Gasteiger partial charge in [-0.05, 0) is 24.7 Å². The molecule has 0 aromatic heterocycles. The van der Waals surface area contributed by atoms with Gasteiger partial charge >= 0.3 is 0 Å². The zero-order chi connectivity index (χ0) is 8.48. The Morgan fingerprint density at radius 3 is 2.45 bits per heavy atom. The third-order valence-corrected chi connectivity index (χ3v) is 3.14. The molecule has 0 aromatic rings. The third kappa shape index (κ3) is 3.20. The fourth-order valence-corrected chi connectivity index (χ4v) is 2.67. The van der Waals surface area contributed by atoms with Crippen LogP contribution >= 0.6 is 0 Å².